The van der Waals surface area contributed by atoms with Crippen LogP contribution in [0.25, 0.3) is 10.9 Å². The van der Waals surface area contributed by atoms with Crippen LogP contribution in [0, 0.1) is 0 Å². The highest BCUT2D eigenvalue weighted by Gasteiger charge is 2.13. The van der Waals surface area contributed by atoms with Crippen LogP contribution in [0.15, 0.2) is 60.7 Å². The molecule has 0 unspecified atom stereocenters. The van der Waals surface area contributed by atoms with Crippen LogP contribution in [0.4, 0.5) is 11.5 Å². The van der Waals surface area contributed by atoms with Gasteiger partial charge >= 0.3 is 0 Å². The van der Waals surface area contributed by atoms with Gasteiger partial charge in [0.2, 0.25) is 5.91 Å². The number of para-hydroxylation sites is 1. The topological polar surface area (TPSA) is 46.5 Å². The summed E-state index contributed by atoms with van der Waals surface area (Å²) in [6.45, 7) is 0. The van der Waals surface area contributed by atoms with Crippen molar-refractivity contribution < 1.29 is 9.78 Å². The molecular formula is C19H20N3O+. The third-order valence-electron chi connectivity index (χ3n) is 3.72. The van der Waals surface area contributed by atoms with Gasteiger partial charge in [0.25, 0.3) is 5.82 Å². The van der Waals surface area contributed by atoms with E-state index in [4.69, 9.17) is 0 Å². The van der Waals surface area contributed by atoms with Gasteiger partial charge < -0.3 is 5.32 Å². The van der Waals surface area contributed by atoms with Crippen molar-refractivity contribution in [3.8, 4) is 0 Å². The molecule has 0 spiro atoms. The van der Waals surface area contributed by atoms with Gasteiger partial charge in [0.05, 0.1) is 32.3 Å². The van der Waals surface area contributed by atoms with E-state index in [1.54, 1.807) is 0 Å². The number of hydrogen-bond acceptors (Lipinski definition) is 2. The molecule has 0 saturated carbocycles. The summed E-state index contributed by atoms with van der Waals surface area (Å²) in [4.78, 5) is 17.7. The SMILES string of the molecule is CN(C)c1cc(NC(=O)Cc2ccccc2)c2ccccc2[nH+]1. The number of rotatable bonds is 4. The minimum absolute atomic E-state index is 0.0164. The van der Waals surface area contributed by atoms with Crippen LogP contribution in [-0.4, -0.2) is 20.0 Å². The van der Waals surface area contributed by atoms with Crippen LogP contribution in [0.3, 0.4) is 0 Å². The second-order valence-corrected chi connectivity index (χ2v) is 5.72. The lowest BCUT2D eigenvalue weighted by atomic mass is 10.1. The first kappa shape index (κ1) is 15.0. The Morgan fingerprint density at radius 3 is 2.48 bits per heavy atom. The maximum Gasteiger partial charge on any atom is 0.276 e. The molecule has 0 aliphatic rings. The summed E-state index contributed by atoms with van der Waals surface area (Å²) in [7, 11) is 3.94. The Bertz CT molecular complexity index is 828. The molecule has 23 heavy (non-hydrogen) atoms. The number of pyridine rings is 1. The smallest absolute Gasteiger partial charge is 0.276 e. The van der Waals surface area contributed by atoms with E-state index >= 15 is 0 Å². The molecule has 1 amide bonds. The highest BCUT2D eigenvalue weighted by atomic mass is 16.1. The Hall–Kier alpha value is -2.88. The molecule has 2 aromatic carbocycles. The summed E-state index contributed by atoms with van der Waals surface area (Å²) in [5.74, 6) is 0.927. The van der Waals surface area contributed by atoms with Crippen LogP contribution >= 0.6 is 0 Å². The van der Waals surface area contributed by atoms with E-state index in [-0.39, 0.29) is 5.91 Å². The molecule has 0 aliphatic heterocycles. The first-order valence-electron chi connectivity index (χ1n) is 7.59. The molecule has 0 bridgehead atoms. The summed E-state index contributed by atoms with van der Waals surface area (Å²) in [6.07, 6.45) is 0.366. The van der Waals surface area contributed by atoms with Crippen molar-refractivity contribution in [2.45, 2.75) is 6.42 Å². The van der Waals surface area contributed by atoms with Crippen LogP contribution in [0.5, 0.6) is 0 Å². The molecule has 0 atom stereocenters. The third-order valence-corrected chi connectivity index (χ3v) is 3.72. The Balaban J connectivity index is 1.90. The van der Waals surface area contributed by atoms with Crippen molar-refractivity contribution in [1.82, 2.24) is 0 Å². The van der Waals surface area contributed by atoms with Gasteiger partial charge in [0.15, 0.2) is 0 Å². The zero-order valence-corrected chi connectivity index (χ0v) is 13.3. The molecule has 3 rings (SSSR count). The van der Waals surface area contributed by atoms with Crippen molar-refractivity contribution in [3.63, 3.8) is 0 Å². The molecule has 0 fully saturated rings. The Kier molecular flexibility index (Phi) is 4.24. The number of amides is 1. The predicted molar refractivity (Wildman–Crippen MR) is 93.6 cm³/mol. The van der Waals surface area contributed by atoms with Crippen LogP contribution in [-0.2, 0) is 11.2 Å². The van der Waals surface area contributed by atoms with Gasteiger partial charge in [-0.25, -0.2) is 4.98 Å². The van der Waals surface area contributed by atoms with Gasteiger partial charge in [-0.05, 0) is 17.7 Å². The van der Waals surface area contributed by atoms with Crippen molar-refractivity contribution in [2.75, 3.05) is 24.3 Å². The molecule has 0 radical (unpaired) electrons. The van der Waals surface area contributed by atoms with E-state index < -0.39 is 0 Å². The Morgan fingerprint density at radius 1 is 1.04 bits per heavy atom. The molecule has 4 heteroatoms. The molecule has 0 saturated heterocycles. The van der Waals surface area contributed by atoms with Crippen molar-refractivity contribution >= 4 is 28.3 Å². The second-order valence-electron chi connectivity index (χ2n) is 5.72. The maximum absolute atomic E-state index is 12.4. The molecule has 1 aromatic heterocycles. The maximum atomic E-state index is 12.4. The summed E-state index contributed by atoms with van der Waals surface area (Å²) in [6, 6.07) is 19.7. The number of aromatic nitrogens is 1. The highest BCUT2D eigenvalue weighted by Crippen LogP contribution is 2.23. The molecule has 116 valence electrons. The minimum Gasteiger partial charge on any atom is -0.325 e. The molecule has 1 heterocycles. The summed E-state index contributed by atoms with van der Waals surface area (Å²) >= 11 is 0. The number of carbonyl (C=O) groups is 1. The third kappa shape index (κ3) is 3.48. The highest BCUT2D eigenvalue weighted by molar-refractivity contribution is 6.01. The Morgan fingerprint density at radius 2 is 1.74 bits per heavy atom. The molecule has 4 nitrogen and oxygen atoms in total. The van der Waals surface area contributed by atoms with Crippen molar-refractivity contribution in [2.24, 2.45) is 0 Å². The fourth-order valence-electron chi connectivity index (χ4n) is 2.54. The lowest BCUT2D eigenvalue weighted by Crippen LogP contribution is -2.22. The van der Waals surface area contributed by atoms with Crippen LogP contribution in [0.2, 0.25) is 0 Å². The van der Waals surface area contributed by atoms with Gasteiger partial charge in [0, 0.05) is 5.39 Å². The van der Waals surface area contributed by atoms with Gasteiger partial charge in [0.1, 0.15) is 5.52 Å². The number of nitrogens with one attached hydrogen (secondary N) is 2. The number of aromatic amines is 1. The van der Waals surface area contributed by atoms with Crippen molar-refractivity contribution in [3.05, 3.63) is 66.2 Å². The first-order valence-corrected chi connectivity index (χ1v) is 7.59. The standard InChI is InChI=1S/C19H19N3O/c1-22(2)18-13-17(15-10-6-7-11-16(15)20-18)21-19(23)12-14-8-4-3-5-9-14/h3-11,13H,12H2,1-2H3,(H,20,21,23)/p+1. The number of H-pyrrole nitrogens is 1. The van der Waals surface area contributed by atoms with Crippen LogP contribution in [0.1, 0.15) is 5.56 Å². The summed E-state index contributed by atoms with van der Waals surface area (Å²) in [5.41, 5.74) is 2.82. The van der Waals surface area contributed by atoms with E-state index in [0.717, 1.165) is 28.0 Å². The Labute approximate surface area is 135 Å². The monoisotopic (exact) mass is 306 g/mol. The number of nitrogens with zero attached hydrogens (tertiary/aromatic N) is 1. The van der Waals surface area contributed by atoms with Crippen molar-refractivity contribution in [1.29, 1.82) is 0 Å². The lowest BCUT2D eigenvalue weighted by molar-refractivity contribution is -0.329. The average molecular weight is 306 g/mol. The largest absolute Gasteiger partial charge is 0.325 e. The van der Waals surface area contributed by atoms with E-state index in [2.05, 4.69) is 10.3 Å². The number of hydrogen-bond donors (Lipinski definition) is 1. The fourth-order valence-corrected chi connectivity index (χ4v) is 2.54. The second kappa shape index (κ2) is 6.48. The fraction of sp³-hybridized carbons (Fsp3) is 0.158. The van der Waals surface area contributed by atoms with Crippen LogP contribution < -0.4 is 15.2 Å². The normalized spacial score (nSPS) is 10.5. The van der Waals surface area contributed by atoms with E-state index in [0.29, 0.717) is 6.42 Å². The molecular weight excluding hydrogens is 286 g/mol. The average Bonchev–Trinajstić information content (AvgIpc) is 2.55. The summed E-state index contributed by atoms with van der Waals surface area (Å²) < 4.78 is 0. The molecule has 2 N–H and O–H groups in total. The summed E-state index contributed by atoms with van der Waals surface area (Å²) in [5, 5.41) is 4.04. The quantitative estimate of drug-likeness (QED) is 0.805. The number of benzene rings is 2. The zero-order valence-electron chi connectivity index (χ0n) is 13.3. The lowest BCUT2D eigenvalue weighted by Gasteiger charge is -2.11. The number of fused-ring (bicyclic) bond motifs is 1. The predicted octanol–water partition coefficient (Wildman–Crippen LogP) is 2.90. The van der Waals surface area contributed by atoms with Gasteiger partial charge in [-0.15, -0.1) is 0 Å². The van der Waals surface area contributed by atoms with Gasteiger partial charge in [-0.3, -0.25) is 9.69 Å². The molecule has 3 aromatic rings. The number of anilines is 2. The zero-order chi connectivity index (χ0) is 16.2. The van der Waals surface area contributed by atoms with E-state index in [1.165, 1.54) is 0 Å². The van der Waals surface area contributed by atoms with E-state index in [1.807, 2.05) is 79.7 Å². The minimum atomic E-state index is -0.0164. The number of carbonyl (C=O) groups excluding carboxylic acids is 1. The van der Waals surface area contributed by atoms with E-state index in [9.17, 15) is 4.79 Å². The molecule has 0 aliphatic carbocycles. The first-order chi connectivity index (χ1) is 11.1. The van der Waals surface area contributed by atoms with Gasteiger partial charge in [-0.1, -0.05) is 42.5 Å². The van der Waals surface area contributed by atoms with Gasteiger partial charge in [-0.2, -0.15) is 0 Å².